The quantitative estimate of drug-likeness (QED) is 0.410. The summed E-state index contributed by atoms with van der Waals surface area (Å²) < 4.78 is 0. The number of amides is 1. The Morgan fingerprint density at radius 2 is 1.45 bits per heavy atom. The molecule has 0 heterocycles. The first-order chi connectivity index (χ1) is 9.60. The van der Waals surface area contributed by atoms with E-state index >= 15 is 0 Å². The number of Topliss-reactive ketones (excluding diaryl/α,β-unsaturated/α-hetero) is 1. The number of nitrogens with one attached hydrogen (secondary N) is 1. The van der Waals surface area contributed by atoms with Gasteiger partial charge in [0.2, 0.25) is 5.91 Å². The van der Waals surface area contributed by atoms with E-state index in [1.165, 1.54) is 6.92 Å². The van der Waals surface area contributed by atoms with Crippen molar-refractivity contribution in [3.05, 3.63) is 30.3 Å². The van der Waals surface area contributed by atoms with Crippen LogP contribution < -0.4 is 5.32 Å². The van der Waals surface area contributed by atoms with Crippen molar-refractivity contribution in [2.45, 2.75) is 41.0 Å². The maximum atomic E-state index is 11.1. The third-order valence-electron chi connectivity index (χ3n) is 1.47. The number of benzene rings is 1. The second-order valence-electron chi connectivity index (χ2n) is 2.86. The van der Waals surface area contributed by atoms with Crippen molar-refractivity contribution >= 4 is 57.3 Å². The van der Waals surface area contributed by atoms with Crippen molar-refractivity contribution in [2.24, 2.45) is 0 Å². The van der Waals surface area contributed by atoms with Crippen molar-refractivity contribution in [2.75, 3.05) is 5.32 Å². The molecule has 1 N–H and O–H groups in total. The second-order valence-corrected chi connectivity index (χ2v) is 14.6. The van der Waals surface area contributed by atoms with Crippen molar-refractivity contribution in [1.82, 2.24) is 0 Å². The molecule has 0 fully saturated rings. The molecule has 0 saturated heterocycles. The van der Waals surface area contributed by atoms with Gasteiger partial charge < -0.3 is 5.32 Å². The topological polar surface area (TPSA) is 46.2 Å². The SMILES string of the molecule is CC.CC.CC(=O)CC(=O)Nc1ccccc1.[I][V][I]. The van der Waals surface area contributed by atoms with E-state index in [1.807, 2.05) is 45.9 Å². The van der Waals surface area contributed by atoms with Crippen LogP contribution in [-0.2, 0) is 19.1 Å². The van der Waals surface area contributed by atoms with Crippen LogP contribution in [0.25, 0.3) is 0 Å². The molecule has 0 spiro atoms. The number of anilines is 1. The van der Waals surface area contributed by atoms with Gasteiger partial charge in [-0.1, -0.05) is 45.9 Å². The number of halogens is 2. The molecule has 1 aromatic carbocycles. The molecule has 0 unspecified atom stereocenters. The first-order valence-corrected chi connectivity index (χ1v) is 15.4. The number of carbonyl (C=O) groups is 2. The summed E-state index contributed by atoms with van der Waals surface area (Å²) in [5, 5.41) is 2.61. The maximum absolute atomic E-state index is 11.1. The Bertz CT molecular complexity index is 335. The third-order valence-corrected chi connectivity index (χ3v) is 1.47. The number of ketones is 1. The van der Waals surface area contributed by atoms with Gasteiger partial charge in [-0.25, -0.2) is 0 Å². The molecule has 0 radical (unpaired) electrons. The number of hydrogen-bond acceptors (Lipinski definition) is 2. The first kappa shape index (κ1) is 25.4. The van der Waals surface area contributed by atoms with Crippen LogP contribution in [0.5, 0.6) is 0 Å². The zero-order valence-electron chi connectivity index (χ0n) is 12.6. The molecular formula is C14H23I2NO2V. The van der Waals surface area contributed by atoms with Crippen LogP contribution in [0, 0.1) is 0 Å². The number of rotatable bonds is 3. The molecule has 1 aromatic rings. The number of para-hydroxylation sites is 1. The van der Waals surface area contributed by atoms with Crippen LogP contribution in [0.3, 0.4) is 0 Å². The van der Waals surface area contributed by atoms with E-state index in [1.54, 1.807) is 12.1 Å². The molecule has 0 aliphatic rings. The van der Waals surface area contributed by atoms with Gasteiger partial charge in [0, 0.05) is 5.69 Å². The molecule has 0 atom stereocenters. The molecule has 0 aliphatic carbocycles. The zero-order valence-corrected chi connectivity index (χ0v) is 18.3. The predicted octanol–water partition coefficient (Wildman–Crippen LogP) is 5.43. The molecule has 1 amide bonds. The minimum atomic E-state index is -0.265. The van der Waals surface area contributed by atoms with Gasteiger partial charge >= 0.3 is 49.4 Å². The normalized spacial score (nSPS) is 7.35. The van der Waals surface area contributed by atoms with Gasteiger partial charge in [0.15, 0.2) is 0 Å². The van der Waals surface area contributed by atoms with Crippen LogP contribution >= 0.6 is 40.0 Å². The fourth-order valence-electron chi connectivity index (χ4n) is 0.953. The number of carbonyl (C=O) groups excluding carboxylic acids is 2. The molecule has 6 heteroatoms. The molecule has 0 saturated carbocycles. The van der Waals surface area contributed by atoms with E-state index in [-0.39, 0.29) is 18.1 Å². The van der Waals surface area contributed by atoms with Gasteiger partial charge in [-0.05, 0) is 19.1 Å². The average molecular weight is 542 g/mol. The Balaban J connectivity index is -0.000000355. The van der Waals surface area contributed by atoms with Gasteiger partial charge in [-0.3, -0.25) is 9.59 Å². The van der Waals surface area contributed by atoms with E-state index < -0.39 is 0 Å². The standard InChI is InChI=1S/C10H11NO2.2C2H6.2HI.V/c1-8(12)7-10(13)11-9-5-3-2-4-6-9;2*1-2;;;/h2-6H,7H2,1H3,(H,11,13);2*1-2H3;2*1H;/q;;;;;+2/p-2. The Hall–Kier alpha value is 0.404. The molecule has 20 heavy (non-hydrogen) atoms. The average Bonchev–Trinajstić information content (AvgIpc) is 2.44. The molecule has 0 aromatic heterocycles. The monoisotopic (exact) mass is 542 g/mol. The van der Waals surface area contributed by atoms with E-state index in [9.17, 15) is 9.59 Å². The Labute approximate surface area is 151 Å². The van der Waals surface area contributed by atoms with Gasteiger partial charge in [0.1, 0.15) is 5.78 Å². The van der Waals surface area contributed by atoms with Crippen molar-refractivity contribution < 1.29 is 19.1 Å². The Morgan fingerprint density at radius 1 is 1.05 bits per heavy atom. The minimum absolute atomic E-state index is 0.0606. The van der Waals surface area contributed by atoms with Crippen molar-refractivity contribution in [1.29, 1.82) is 0 Å². The molecular weight excluding hydrogens is 519 g/mol. The van der Waals surface area contributed by atoms with Crippen LogP contribution in [0.4, 0.5) is 5.69 Å². The summed E-state index contributed by atoms with van der Waals surface area (Å²) >= 11 is 4.74. The van der Waals surface area contributed by atoms with Gasteiger partial charge in [-0.15, -0.1) is 0 Å². The molecule has 115 valence electrons. The summed E-state index contributed by atoms with van der Waals surface area (Å²) in [6.45, 7) is 9.39. The Kier molecular flexibility index (Phi) is 27.5. The third kappa shape index (κ3) is 20.7. The summed E-state index contributed by atoms with van der Waals surface area (Å²) in [7, 11) is 0.628. The molecule has 1 rings (SSSR count). The van der Waals surface area contributed by atoms with Crippen LogP contribution in [0.1, 0.15) is 41.0 Å². The summed E-state index contributed by atoms with van der Waals surface area (Å²) in [4.78, 5) is 21.7. The molecule has 0 aliphatic heterocycles. The van der Waals surface area contributed by atoms with Crippen LogP contribution in [-0.4, -0.2) is 11.7 Å². The van der Waals surface area contributed by atoms with Crippen LogP contribution in [0.2, 0.25) is 0 Å². The molecule has 0 bridgehead atoms. The van der Waals surface area contributed by atoms with Crippen molar-refractivity contribution in [3.63, 3.8) is 0 Å². The zero-order chi connectivity index (χ0) is 16.4. The summed E-state index contributed by atoms with van der Waals surface area (Å²) in [6.07, 6.45) is -0.0606. The predicted molar refractivity (Wildman–Crippen MR) is 101 cm³/mol. The van der Waals surface area contributed by atoms with Gasteiger partial charge in [0.05, 0.1) is 6.42 Å². The number of hydrogen-bond donors (Lipinski definition) is 1. The first-order valence-electron chi connectivity index (χ1n) is 6.36. The Morgan fingerprint density at radius 3 is 1.80 bits per heavy atom. The molecule has 3 nitrogen and oxygen atoms in total. The summed E-state index contributed by atoms with van der Waals surface area (Å²) in [6, 6.07) is 9.06. The summed E-state index contributed by atoms with van der Waals surface area (Å²) in [5.41, 5.74) is 0.716. The van der Waals surface area contributed by atoms with Gasteiger partial charge in [0.25, 0.3) is 0 Å². The fraction of sp³-hybridized carbons (Fsp3) is 0.429. The second kappa shape index (κ2) is 21.7. The van der Waals surface area contributed by atoms with E-state index in [2.05, 4.69) is 45.3 Å². The van der Waals surface area contributed by atoms with Crippen molar-refractivity contribution in [3.8, 4) is 0 Å². The van der Waals surface area contributed by atoms with Gasteiger partial charge in [-0.2, -0.15) is 0 Å². The fourth-order valence-corrected chi connectivity index (χ4v) is 0.953. The van der Waals surface area contributed by atoms with E-state index in [0.717, 1.165) is 0 Å². The van der Waals surface area contributed by atoms with E-state index in [0.29, 0.717) is 15.2 Å². The summed E-state index contributed by atoms with van der Waals surface area (Å²) in [5.74, 6) is -0.396. The van der Waals surface area contributed by atoms with E-state index in [4.69, 9.17) is 0 Å². The van der Waals surface area contributed by atoms with Crippen LogP contribution in [0.15, 0.2) is 30.3 Å².